The molecule has 0 aliphatic heterocycles. The van der Waals surface area contributed by atoms with Crippen molar-refractivity contribution >= 4 is 52.1 Å². The first-order chi connectivity index (χ1) is 15.6. The molecule has 33 heavy (non-hydrogen) atoms. The zero-order valence-corrected chi connectivity index (χ0v) is 20.3. The highest BCUT2D eigenvalue weighted by Gasteiger charge is 2.14. The summed E-state index contributed by atoms with van der Waals surface area (Å²) >= 11 is 11.1. The lowest BCUT2D eigenvalue weighted by atomic mass is 9.87. The minimum atomic E-state index is -0.226. The summed E-state index contributed by atoms with van der Waals surface area (Å²) in [5.74, 6) is -0.405. The SMILES string of the molecule is CC(C)(C)c1ccc(C(=O)Nc2ccc(NC(=S)NC(=O)Cc3ccc(Cl)cc3)cc2)cc1. The molecule has 0 aliphatic carbocycles. The Morgan fingerprint density at radius 3 is 1.91 bits per heavy atom. The van der Waals surface area contributed by atoms with Crippen LogP contribution in [-0.4, -0.2) is 16.9 Å². The van der Waals surface area contributed by atoms with Gasteiger partial charge in [-0.15, -0.1) is 0 Å². The van der Waals surface area contributed by atoms with Crippen LogP contribution in [0.25, 0.3) is 0 Å². The van der Waals surface area contributed by atoms with Gasteiger partial charge in [0.1, 0.15) is 0 Å². The number of carbonyl (C=O) groups excluding carboxylic acids is 2. The summed E-state index contributed by atoms with van der Waals surface area (Å²) in [5.41, 5.74) is 3.99. The Labute approximate surface area is 204 Å². The molecule has 0 fully saturated rings. The third-order valence-corrected chi connectivity index (χ3v) is 5.40. The number of nitrogens with one attached hydrogen (secondary N) is 3. The number of carbonyl (C=O) groups is 2. The van der Waals surface area contributed by atoms with Crippen molar-refractivity contribution in [3.63, 3.8) is 0 Å². The summed E-state index contributed by atoms with van der Waals surface area (Å²) in [7, 11) is 0. The van der Waals surface area contributed by atoms with E-state index in [0.29, 0.717) is 22.0 Å². The lowest BCUT2D eigenvalue weighted by molar-refractivity contribution is -0.119. The fourth-order valence-corrected chi connectivity index (χ4v) is 3.44. The molecule has 0 radical (unpaired) electrons. The molecule has 3 rings (SSSR count). The molecule has 0 aromatic heterocycles. The van der Waals surface area contributed by atoms with Crippen LogP contribution in [0.15, 0.2) is 72.8 Å². The number of thiocarbonyl (C=S) groups is 1. The maximum absolute atomic E-state index is 12.5. The van der Waals surface area contributed by atoms with Crippen molar-refractivity contribution < 1.29 is 9.59 Å². The summed E-state index contributed by atoms with van der Waals surface area (Å²) in [6, 6.07) is 21.8. The van der Waals surface area contributed by atoms with Gasteiger partial charge in [-0.3, -0.25) is 9.59 Å². The number of halogens is 1. The molecule has 0 saturated carbocycles. The Balaban J connectivity index is 1.51. The molecule has 0 spiro atoms. The second-order valence-corrected chi connectivity index (χ2v) is 9.51. The van der Waals surface area contributed by atoms with Crippen LogP contribution in [0.3, 0.4) is 0 Å². The van der Waals surface area contributed by atoms with Gasteiger partial charge in [0.05, 0.1) is 6.42 Å². The van der Waals surface area contributed by atoms with E-state index < -0.39 is 0 Å². The van der Waals surface area contributed by atoms with Gasteiger partial charge in [0.2, 0.25) is 5.91 Å². The van der Waals surface area contributed by atoms with E-state index in [4.69, 9.17) is 23.8 Å². The standard InChI is InChI=1S/C26H26ClN3O2S/c1-26(2,3)19-8-6-18(7-9-19)24(32)28-21-12-14-22(15-13-21)29-25(33)30-23(31)16-17-4-10-20(27)11-5-17/h4-15H,16H2,1-3H3,(H,28,32)(H2,29,30,31,33). The molecule has 3 aromatic carbocycles. The van der Waals surface area contributed by atoms with E-state index >= 15 is 0 Å². The van der Waals surface area contributed by atoms with E-state index in [1.165, 1.54) is 5.56 Å². The monoisotopic (exact) mass is 479 g/mol. The van der Waals surface area contributed by atoms with Gasteiger partial charge in [-0.1, -0.05) is 56.6 Å². The minimum absolute atomic E-state index is 0.0354. The lowest BCUT2D eigenvalue weighted by Gasteiger charge is -2.19. The van der Waals surface area contributed by atoms with E-state index in [1.54, 1.807) is 48.5 Å². The van der Waals surface area contributed by atoms with Crippen molar-refractivity contribution in [3.05, 3.63) is 94.5 Å². The highest BCUT2D eigenvalue weighted by Crippen LogP contribution is 2.22. The third-order valence-electron chi connectivity index (χ3n) is 4.94. The molecule has 0 heterocycles. The van der Waals surface area contributed by atoms with Gasteiger partial charge in [-0.05, 0) is 77.3 Å². The van der Waals surface area contributed by atoms with Crippen molar-refractivity contribution in [2.45, 2.75) is 32.6 Å². The zero-order chi connectivity index (χ0) is 24.0. The molecule has 5 nitrogen and oxygen atoms in total. The number of benzene rings is 3. The van der Waals surface area contributed by atoms with Gasteiger partial charge in [0, 0.05) is 22.0 Å². The van der Waals surface area contributed by atoms with Crippen LogP contribution in [0.4, 0.5) is 11.4 Å². The van der Waals surface area contributed by atoms with Crippen molar-refractivity contribution in [3.8, 4) is 0 Å². The fraction of sp³-hybridized carbons (Fsp3) is 0.192. The Morgan fingerprint density at radius 2 is 1.36 bits per heavy atom. The summed E-state index contributed by atoms with van der Waals surface area (Å²) in [4.78, 5) is 24.7. The summed E-state index contributed by atoms with van der Waals surface area (Å²) < 4.78 is 0. The Kier molecular flexibility index (Phi) is 7.84. The van der Waals surface area contributed by atoms with E-state index in [9.17, 15) is 9.59 Å². The molecule has 7 heteroatoms. The maximum atomic E-state index is 12.5. The van der Waals surface area contributed by atoms with Gasteiger partial charge < -0.3 is 16.0 Å². The second-order valence-electron chi connectivity index (χ2n) is 8.66. The van der Waals surface area contributed by atoms with Crippen LogP contribution in [-0.2, 0) is 16.6 Å². The number of anilines is 2. The number of hydrogen-bond acceptors (Lipinski definition) is 3. The molecule has 0 unspecified atom stereocenters. The Hall–Kier alpha value is -3.22. The lowest BCUT2D eigenvalue weighted by Crippen LogP contribution is -2.35. The number of amides is 2. The Bertz CT molecular complexity index is 1140. The molecule has 3 aromatic rings. The molecular formula is C26H26ClN3O2S. The van der Waals surface area contributed by atoms with E-state index in [-0.39, 0.29) is 28.8 Å². The smallest absolute Gasteiger partial charge is 0.255 e. The minimum Gasteiger partial charge on any atom is -0.332 e. The molecular weight excluding hydrogens is 454 g/mol. The largest absolute Gasteiger partial charge is 0.332 e. The molecule has 0 atom stereocenters. The molecule has 0 saturated heterocycles. The highest BCUT2D eigenvalue weighted by molar-refractivity contribution is 7.80. The molecule has 2 amide bonds. The first kappa shape index (κ1) is 24.4. The molecule has 0 bridgehead atoms. The molecule has 0 aliphatic rings. The molecule has 3 N–H and O–H groups in total. The second kappa shape index (κ2) is 10.6. The number of hydrogen-bond donors (Lipinski definition) is 3. The third kappa shape index (κ3) is 7.41. The van der Waals surface area contributed by atoms with Crippen molar-refractivity contribution in [2.75, 3.05) is 10.6 Å². The van der Waals surface area contributed by atoms with Crippen LogP contribution >= 0.6 is 23.8 Å². The highest BCUT2D eigenvalue weighted by atomic mass is 35.5. The summed E-state index contributed by atoms with van der Waals surface area (Å²) in [6.07, 6.45) is 0.195. The predicted octanol–water partition coefficient (Wildman–Crippen LogP) is 5.95. The Morgan fingerprint density at radius 1 is 0.818 bits per heavy atom. The maximum Gasteiger partial charge on any atom is 0.255 e. The van der Waals surface area contributed by atoms with Gasteiger partial charge in [0.25, 0.3) is 5.91 Å². The van der Waals surface area contributed by atoms with Crippen LogP contribution in [0.5, 0.6) is 0 Å². The summed E-state index contributed by atoms with van der Waals surface area (Å²) in [6.45, 7) is 6.40. The van der Waals surface area contributed by atoms with Crippen LogP contribution < -0.4 is 16.0 Å². The topological polar surface area (TPSA) is 70.2 Å². The van der Waals surface area contributed by atoms with Gasteiger partial charge >= 0.3 is 0 Å². The van der Waals surface area contributed by atoms with Gasteiger partial charge in [-0.25, -0.2) is 0 Å². The number of rotatable bonds is 5. The average Bonchev–Trinajstić information content (AvgIpc) is 2.76. The van der Waals surface area contributed by atoms with E-state index in [1.807, 2.05) is 24.3 Å². The van der Waals surface area contributed by atoms with Crippen LogP contribution in [0.2, 0.25) is 5.02 Å². The zero-order valence-electron chi connectivity index (χ0n) is 18.7. The van der Waals surface area contributed by atoms with Crippen LogP contribution in [0, 0.1) is 0 Å². The van der Waals surface area contributed by atoms with Gasteiger partial charge in [0.15, 0.2) is 5.11 Å². The normalized spacial score (nSPS) is 10.9. The molecule has 170 valence electrons. The van der Waals surface area contributed by atoms with Crippen LogP contribution in [0.1, 0.15) is 42.3 Å². The summed E-state index contributed by atoms with van der Waals surface area (Å²) in [5, 5.41) is 9.32. The van der Waals surface area contributed by atoms with E-state index in [2.05, 4.69) is 36.7 Å². The fourth-order valence-electron chi connectivity index (χ4n) is 3.08. The average molecular weight is 480 g/mol. The van der Waals surface area contributed by atoms with Crippen molar-refractivity contribution in [2.24, 2.45) is 0 Å². The first-order valence-corrected chi connectivity index (χ1v) is 11.3. The van der Waals surface area contributed by atoms with Crippen molar-refractivity contribution in [1.29, 1.82) is 0 Å². The van der Waals surface area contributed by atoms with Crippen molar-refractivity contribution in [1.82, 2.24) is 5.32 Å². The van der Waals surface area contributed by atoms with E-state index in [0.717, 1.165) is 5.56 Å². The first-order valence-electron chi connectivity index (χ1n) is 10.5. The van der Waals surface area contributed by atoms with Gasteiger partial charge in [-0.2, -0.15) is 0 Å². The predicted molar refractivity (Wildman–Crippen MR) is 139 cm³/mol. The quantitative estimate of drug-likeness (QED) is 0.396.